The lowest BCUT2D eigenvalue weighted by molar-refractivity contribution is -0.196. The molecule has 0 aromatic rings. The van der Waals surface area contributed by atoms with Crippen LogP contribution in [0.3, 0.4) is 0 Å². The summed E-state index contributed by atoms with van der Waals surface area (Å²) in [6.07, 6.45) is 6.44. The van der Waals surface area contributed by atoms with Crippen molar-refractivity contribution in [3.05, 3.63) is 0 Å². The molecular weight excluding hydrogens is 460 g/mol. The van der Waals surface area contributed by atoms with E-state index < -0.39 is 5.41 Å². The number of ether oxygens (including phenoxy) is 3. The van der Waals surface area contributed by atoms with Gasteiger partial charge < -0.3 is 14.2 Å². The van der Waals surface area contributed by atoms with E-state index in [1.165, 1.54) is 21.0 Å². The van der Waals surface area contributed by atoms with Crippen LogP contribution in [-0.4, -0.2) is 43.0 Å². The van der Waals surface area contributed by atoms with Crippen molar-refractivity contribution in [2.75, 3.05) is 7.11 Å². The minimum atomic E-state index is -0.465. The van der Waals surface area contributed by atoms with Gasteiger partial charge in [-0.05, 0) is 80.0 Å². The quantitative estimate of drug-likeness (QED) is 0.375. The topological polar surface area (TPSA) is 96.0 Å². The second-order valence-electron chi connectivity index (χ2n) is 12.6. The van der Waals surface area contributed by atoms with Gasteiger partial charge in [-0.2, -0.15) is 0 Å². The third-order valence-corrected chi connectivity index (χ3v) is 10.9. The summed E-state index contributed by atoms with van der Waals surface area (Å²) in [4.78, 5) is 49.7. The summed E-state index contributed by atoms with van der Waals surface area (Å²) in [5, 5.41) is 0. The minimum absolute atomic E-state index is 0.0382. The van der Waals surface area contributed by atoms with E-state index in [9.17, 15) is 19.2 Å². The number of esters is 3. The number of hydrogen-bond acceptors (Lipinski definition) is 7. The largest absolute Gasteiger partial charge is 0.469 e. The molecule has 0 aromatic heterocycles. The molecule has 0 N–H and O–H groups in total. The average molecular weight is 505 g/mol. The molecule has 4 rings (SSSR count). The van der Waals surface area contributed by atoms with Crippen molar-refractivity contribution >= 4 is 23.7 Å². The Morgan fingerprint density at radius 2 is 1.69 bits per heavy atom. The van der Waals surface area contributed by atoms with Crippen LogP contribution in [-0.2, 0) is 33.4 Å². The Labute approximate surface area is 215 Å². The van der Waals surface area contributed by atoms with Crippen molar-refractivity contribution in [2.24, 2.45) is 46.3 Å². The normalized spacial score (nSPS) is 42.4. The van der Waals surface area contributed by atoms with Crippen molar-refractivity contribution in [2.45, 2.75) is 105 Å². The third-order valence-electron chi connectivity index (χ3n) is 10.9. The van der Waals surface area contributed by atoms with Gasteiger partial charge in [0.15, 0.2) is 0 Å². The number of methoxy groups -OCH3 is 1. The van der Waals surface area contributed by atoms with Gasteiger partial charge in [0.2, 0.25) is 0 Å². The van der Waals surface area contributed by atoms with Gasteiger partial charge in [-0.1, -0.05) is 20.8 Å². The summed E-state index contributed by atoms with van der Waals surface area (Å²) in [6.45, 7) is 9.57. The molecule has 0 spiro atoms. The summed E-state index contributed by atoms with van der Waals surface area (Å²) in [5.41, 5.74) is -0.503. The van der Waals surface area contributed by atoms with E-state index in [1.807, 2.05) is 0 Å². The maximum absolute atomic E-state index is 14.0. The maximum Gasteiger partial charge on any atom is 0.305 e. The van der Waals surface area contributed by atoms with Gasteiger partial charge in [-0.15, -0.1) is 0 Å². The fourth-order valence-corrected chi connectivity index (χ4v) is 9.14. The van der Waals surface area contributed by atoms with Crippen molar-refractivity contribution in [1.82, 2.24) is 0 Å². The predicted molar refractivity (Wildman–Crippen MR) is 133 cm³/mol. The molecule has 0 radical (unpaired) electrons. The van der Waals surface area contributed by atoms with E-state index in [-0.39, 0.29) is 71.0 Å². The van der Waals surface area contributed by atoms with E-state index >= 15 is 0 Å². The average Bonchev–Trinajstić information content (AvgIpc) is 3.16. The van der Waals surface area contributed by atoms with Crippen LogP contribution in [0.1, 0.15) is 92.4 Å². The molecule has 0 saturated heterocycles. The van der Waals surface area contributed by atoms with Crippen LogP contribution in [0, 0.1) is 46.3 Å². The van der Waals surface area contributed by atoms with Crippen LogP contribution in [0.15, 0.2) is 0 Å². The zero-order valence-electron chi connectivity index (χ0n) is 22.8. The summed E-state index contributed by atoms with van der Waals surface area (Å²) < 4.78 is 16.5. The maximum atomic E-state index is 14.0. The van der Waals surface area contributed by atoms with Gasteiger partial charge in [-0.25, -0.2) is 0 Å². The van der Waals surface area contributed by atoms with Gasteiger partial charge in [0.25, 0.3) is 0 Å². The Bertz CT molecular complexity index is 898. The standard InChI is InChI=1S/C29H44O7/c1-16(7-10-26(33)34-6)21-8-9-22-27-23(15-25(32)29(21,22)5)28(4)12-11-20(35-17(2)30)13-19(28)14-24(27)36-18(3)31/h16,19-24,27H,7-15H2,1-6H3/t16-,19-,20+,21+,22-,23-,24-,27-,28+,29+/m1/s1. The van der Waals surface area contributed by atoms with Crippen LogP contribution in [0.25, 0.3) is 0 Å². The zero-order chi connectivity index (χ0) is 26.4. The molecule has 0 bridgehead atoms. The zero-order valence-corrected chi connectivity index (χ0v) is 22.8. The summed E-state index contributed by atoms with van der Waals surface area (Å²) in [5.74, 6) is 0.785. The third kappa shape index (κ3) is 4.60. The highest BCUT2D eigenvalue weighted by Gasteiger charge is 2.66. The number of hydrogen-bond donors (Lipinski definition) is 0. The van der Waals surface area contributed by atoms with Crippen molar-refractivity contribution < 1.29 is 33.4 Å². The van der Waals surface area contributed by atoms with Gasteiger partial charge in [0, 0.05) is 38.0 Å². The molecule has 36 heavy (non-hydrogen) atoms. The highest BCUT2D eigenvalue weighted by atomic mass is 16.5. The number of carbonyl (C=O) groups excluding carboxylic acids is 4. The second kappa shape index (κ2) is 10.1. The molecule has 4 aliphatic carbocycles. The van der Waals surface area contributed by atoms with E-state index in [0.717, 1.165) is 38.5 Å². The van der Waals surface area contributed by atoms with Gasteiger partial charge in [0.05, 0.1) is 7.11 Å². The summed E-state index contributed by atoms with van der Waals surface area (Å²) in [6, 6.07) is 0. The molecule has 0 heterocycles. The summed E-state index contributed by atoms with van der Waals surface area (Å²) in [7, 11) is 1.41. The summed E-state index contributed by atoms with van der Waals surface area (Å²) >= 11 is 0. The Hall–Kier alpha value is -1.92. The fourth-order valence-electron chi connectivity index (χ4n) is 9.14. The number of rotatable bonds is 6. The number of fused-ring (bicyclic) bond motifs is 5. The van der Waals surface area contributed by atoms with Gasteiger partial charge >= 0.3 is 17.9 Å². The molecule has 4 fully saturated rings. The first kappa shape index (κ1) is 27.1. The van der Waals surface area contributed by atoms with Crippen LogP contribution < -0.4 is 0 Å². The lowest BCUT2D eigenvalue weighted by Gasteiger charge is -2.62. The monoisotopic (exact) mass is 504 g/mol. The van der Waals surface area contributed by atoms with Crippen LogP contribution >= 0.6 is 0 Å². The first-order chi connectivity index (χ1) is 16.9. The van der Waals surface area contributed by atoms with Gasteiger partial charge in [-0.3, -0.25) is 19.2 Å². The van der Waals surface area contributed by atoms with Crippen molar-refractivity contribution in [1.29, 1.82) is 0 Å². The molecule has 0 aliphatic heterocycles. The fraction of sp³-hybridized carbons (Fsp3) is 0.862. The van der Waals surface area contributed by atoms with E-state index in [4.69, 9.17) is 14.2 Å². The Morgan fingerprint density at radius 3 is 2.33 bits per heavy atom. The number of carbonyl (C=O) groups is 4. The first-order valence-corrected chi connectivity index (χ1v) is 13.9. The number of ketones is 1. The smallest absolute Gasteiger partial charge is 0.305 e. The molecule has 202 valence electrons. The Balaban J connectivity index is 1.62. The van der Waals surface area contributed by atoms with E-state index in [0.29, 0.717) is 25.0 Å². The molecular formula is C29H44O7. The molecule has 7 nitrogen and oxygen atoms in total. The molecule has 10 atom stereocenters. The molecule has 4 aliphatic rings. The van der Waals surface area contributed by atoms with Crippen LogP contribution in [0.4, 0.5) is 0 Å². The molecule has 7 heteroatoms. The Morgan fingerprint density at radius 1 is 1.00 bits per heavy atom. The predicted octanol–water partition coefficient (Wildman–Crippen LogP) is 4.89. The first-order valence-electron chi connectivity index (χ1n) is 13.9. The Kier molecular flexibility index (Phi) is 7.60. The van der Waals surface area contributed by atoms with E-state index in [2.05, 4.69) is 20.8 Å². The lowest BCUT2D eigenvalue weighted by Crippen LogP contribution is -2.62. The van der Waals surface area contributed by atoms with Crippen LogP contribution in [0.2, 0.25) is 0 Å². The highest BCUT2D eigenvalue weighted by Crippen LogP contribution is 2.67. The molecule has 0 amide bonds. The van der Waals surface area contributed by atoms with Crippen LogP contribution in [0.5, 0.6) is 0 Å². The van der Waals surface area contributed by atoms with E-state index in [1.54, 1.807) is 0 Å². The molecule has 0 unspecified atom stereocenters. The van der Waals surface area contributed by atoms with Gasteiger partial charge in [0.1, 0.15) is 18.0 Å². The number of Topliss-reactive ketones (excluding diaryl/α,β-unsaturated/α-hetero) is 1. The molecule has 0 aromatic carbocycles. The highest BCUT2D eigenvalue weighted by molar-refractivity contribution is 5.87. The second-order valence-corrected chi connectivity index (χ2v) is 12.6. The minimum Gasteiger partial charge on any atom is -0.469 e. The SMILES string of the molecule is COC(=O)CC[C@@H](C)[C@@H]1CC[C@@H]2[C@@H]3[C@@H](CC(=O)[C@]21C)[C@@]1(C)CC[C@H](OC(C)=O)C[C@@H]1C[C@H]3OC(C)=O. The van der Waals surface area contributed by atoms with Crippen molar-refractivity contribution in [3.63, 3.8) is 0 Å². The van der Waals surface area contributed by atoms with Crippen molar-refractivity contribution in [3.8, 4) is 0 Å². The molecule has 4 saturated carbocycles. The lowest BCUT2D eigenvalue weighted by atomic mass is 9.43.